The third-order valence-electron chi connectivity index (χ3n) is 4.42. The van der Waals surface area contributed by atoms with Gasteiger partial charge in [-0.2, -0.15) is 0 Å². The highest BCUT2D eigenvalue weighted by atomic mass is 16.6. The molecule has 0 saturated carbocycles. The maximum atomic E-state index is 11.5. The summed E-state index contributed by atoms with van der Waals surface area (Å²) in [4.78, 5) is 23.0. The van der Waals surface area contributed by atoms with Crippen molar-refractivity contribution in [3.63, 3.8) is 0 Å². The lowest BCUT2D eigenvalue weighted by Crippen LogP contribution is -2.50. The smallest absolute Gasteiger partial charge is 0.330 e. The summed E-state index contributed by atoms with van der Waals surface area (Å²) in [5.74, 6) is -0.929. The lowest BCUT2D eigenvalue weighted by Gasteiger charge is -2.43. The fraction of sp³-hybridized carbons (Fsp3) is 0.700. The Bertz CT molecular complexity index is 405. The predicted octanol–water partition coefficient (Wildman–Crippen LogP) is 4.36. The molecule has 0 aliphatic carbocycles. The van der Waals surface area contributed by atoms with Crippen molar-refractivity contribution in [2.45, 2.75) is 77.4 Å². The zero-order valence-corrected chi connectivity index (χ0v) is 16.3. The fourth-order valence-corrected chi connectivity index (χ4v) is 2.90. The zero-order chi connectivity index (χ0) is 19.3. The summed E-state index contributed by atoms with van der Waals surface area (Å²) in [6.45, 7) is 15.3. The van der Waals surface area contributed by atoms with Gasteiger partial charge in [-0.25, -0.2) is 9.59 Å². The van der Waals surface area contributed by atoms with E-state index in [1.165, 1.54) is 0 Å². The largest absolute Gasteiger partial charge is 0.459 e. The van der Waals surface area contributed by atoms with Gasteiger partial charge in [0.1, 0.15) is 24.4 Å². The molecule has 0 aliphatic rings. The van der Waals surface area contributed by atoms with E-state index in [0.717, 1.165) is 37.8 Å². The molecule has 0 aromatic carbocycles. The molecule has 0 N–H and O–H groups in total. The second-order valence-corrected chi connectivity index (χ2v) is 6.30. The number of rotatable bonds is 14. The summed E-state index contributed by atoms with van der Waals surface area (Å²) in [5, 5.41) is 0. The molecule has 0 rings (SSSR count). The SMILES string of the molecule is C=CC(=O)OCC(CC)(CCC)OC(CC)(CCC)COC(=O)C=C. The van der Waals surface area contributed by atoms with Gasteiger partial charge < -0.3 is 14.2 Å². The molecular formula is C20H34O5. The Hall–Kier alpha value is -1.62. The first-order chi connectivity index (χ1) is 11.9. The van der Waals surface area contributed by atoms with E-state index in [9.17, 15) is 9.59 Å². The highest BCUT2D eigenvalue weighted by molar-refractivity contribution is 5.81. The average Bonchev–Trinajstić information content (AvgIpc) is 2.63. The third kappa shape index (κ3) is 7.86. The molecule has 0 aromatic rings. The Morgan fingerprint density at radius 2 is 1.16 bits per heavy atom. The van der Waals surface area contributed by atoms with Crippen LogP contribution in [-0.2, 0) is 23.8 Å². The number of hydrogen-bond acceptors (Lipinski definition) is 5. The summed E-state index contributed by atoms with van der Waals surface area (Å²) >= 11 is 0. The van der Waals surface area contributed by atoms with Gasteiger partial charge in [0.25, 0.3) is 0 Å². The second-order valence-electron chi connectivity index (χ2n) is 6.30. The van der Waals surface area contributed by atoms with E-state index in [1.54, 1.807) is 0 Å². The number of esters is 2. The van der Waals surface area contributed by atoms with Gasteiger partial charge in [-0.3, -0.25) is 0 Å². The van der Waals surface area contributed by atoms with Crippen molar-refractivity contribution in [1.82, 2.24) is 0 Å². The first-order valence-electron chi connectivity index (χ1n) is 9.15. The Morgan fingerprint density at radius 3 is 1.40 bits per heavy atom. The standard InChI is InChI=1S/C20H34O5/c1-7-13-19(11-5,15-23-17(21)9-3)25-20(12-6,14-8-2)16-24-18(22)10-4/h9-10H,3-4,7-8,11-16H2,1-2,5-6H3. The van der Waals surface area contributed by atoms with Gasteiger partial charge in [-0.15, -0.1) is 0 Å². The first kappa shape index (κ1) is 23.4. The minimum Gasteiger partial charge on any atom is -0.459 e. The van der Waals surface area contributed by atoms with Crippen molar-refractivity contribution in [2.24, 2.45) is 0 Å². The van der Waals surface area contributed by atoms with Crippen LogP contribution in [0.1, 0.15) is 66.2 Å². The summed E-state index contributed by atoms with van der Waals surface area (Å²) in [6, 6.07) is 0. The van der Waals surface area contributed by atoms with Gasteiger partial charge in [0, 0.05) is 12.2 Å². The highest BCUT2D eigenvalue weighted by Gasteiger charge is 2.41. The van der Waals surface area contributed by atoms with E-state index < -0.39 is 23.1 Å². The van der Waals surface area contributed by atoms with Gasteiger partial charge in [0.15, 0.2) is 0 Å². The molecule has 0 amide bonds. The van der Waals surface area contributed by atoms with Crippen molar-refractivity contribution in [3.05, 3.63) is 25.3 Å². The minimum absolute atomic E-state index is 0.156. The number of ether oxygens (including phenoxy) is 3. The van der Waals surface area contributed by atoms with Crippen molar-refractivity contribution in [1.29, 1.82) is 0 Å². The van der Waals surface area contributed by atoms with Crippen LogP contribution in [0.3, 0.4) is 0 Å². The van der Waals surface area contributed by atoms with Crippen LogP contribution >= 0.6 is 0 Å². The normalized spacial score (nSPS) is 15.5. The molecule has 0 spiro atoms. The quantitative estimate of drug-likeness (QED) is 0.343. The van der Waals surface area contributed by atoms with Crippen molar-refractivity contribution < 1.29 is 23.8 Å². The zero-order valence-electron chi connectivity index (χ0n) is 16.3. The van der Waals surface area contributed by atoms with Crippen LogP contribution in [0.5, 0.6) is 0 Å². The Morgan fingerprint density at radius 1 is 0.800 bits per heavy atom. The lowest BCUT2D eigenvalue weighted by atomic mass is 9.90. The van der Waals surface area contributed by atoms with Crippen LogP contribution in [0, 0.1) is 0 Å². The number of hydrogen-bond donors (Lipinski definition) is 0. The molecule has 144 valence electrons. The fourth-order valence-electron chi connectivity index (χ4n) is 2.90. The molecular weight excluding hydrogens is 320 g/mol. The molecule has 0 bridgehead atoms. The topological polar surface area (TPSA) is 61.8 Å². The van der Waals surface area contributed by atoms with Gasteiger partial charge in [-0.1, -0.05) is 53.7 Å². The van der Waals surface area contributed by atoms with E-state index in [0.29, 0.717) is 12.8 Å². The van der Waals surface area contributed by atoms with Crippen LogP contribution < -0.4 is 0 Å². The molecule has 5 heteroatoms. The minimum atomic E-state index is -0.612. The van der Waals surface area contributed by atoms with Gasteiger partial charge in [0.05, 0.1) is 0 Å². The van der Waals surface area contributed by atoms with Crippen LogP contribution in [0.25, 0.3) is 0 Å². The van der Waals surface area contributed by atoms with Gasteiger partial charge in [0.2, 0.25) is 0 Å². The van der Waals surface area contributed by atoms with Gasteiger partial charge >= 0.3 is 11.9 Å². The highest BCUT2D eigenvalue weighted by Crippen LogP contribution is 2.34. The Balaban J connectivity index is 5.45. The van der Waals surface area contributed by atoms with Crippen LogP contribution in [-0.4, -0.2) is 36.4 Å². The molecule has 5 nitrogen and oxygen atoms in total. The lowest BCUT2D eigenvalue weighted by molar-refractivity contribution is -0.211. The van der Waals surface area contributed by atoms with Crippen molar-refractivity contribution in [2.75, 3.05) is 13.2 Å². The molecule has 0 aliphatic heterocycles. The summed E-state index contributed by atoms with van der Waals surface area (Å²) in [7, 11) is 0. The summed E-state index contributed by atoms with van der Waals surface area (Å²) in [5.41, 5.74) is -1.22. The molecule has 0 saturated heterocycles. The van der Waals surface area contributed by atoms with E-state index in [1.807, 2.05) is 13.8 Å². The van der Waals surface area contributed by atoms with E-state index in [-0.39, 0.29) is 13.2 Å². The van der Waals surface area contributed by atoms with Gasteiger partial charge in [-0.05, 0) is 25.7 Å². The second kappa shape index (κ2) is 11.9. The average molecular weight is 354 g/mol. The third-order valence-corrected chi connectivity index (χ3v) is 4.42. The molecule has 2 unspecified atom stereocenters. The summed E-state index contributed by atoms with van der Waals surface area (Å²) in [6.07, 6.45) is 6.94. The molecule has 0 aromatic heterocycles. The number of carbonyl (C=O) groups is 2. The Kier molecular flexibility index (Phi) is 11.1. The molecule has 25 heavy (non-hydrogen) atoms. The van der Waals surface area contributed by atoms with Crippen LogP contribution in [0.15, 0.2) is 25.3 Å². The maximum Gasteiger partial charge on any atom is 0.330 e. The predicted molar refractivity (Wildman–Crippen MR) is 99.3 cm³/mol. The van der Waals surface area contributed by atoms with E-state index in [4.69, 9.17) is 14.2 Å². The summed E-state index contributed by atoms with van der Waals surface area (Å²) < 4.78 is 17.2. The van der Waals surface area contributed by atoms with Crippen LogP contribution in [0.4, 0.5) is 0 Å². The van der Waals surface area contributed by atoms with Crippen molar-refractivity contribution >= 4 is 11.9 Å². The molecule has 0 heterocycles. The molecule has 0 radical (unpaired) electrons. The molecule has 0 fully saturated rings. The van der Waals surface area contributed by atoms with E-state index >= 15 is 0 Å². The molecule has 2 atom stereocenters. The van der Waals surface area contributed by atoms with Crippen LogP contribution in [0.2, 0.25) is 0 Å². The maximum absolute atomic E-state index is 11.5. The van der Waals surface area contributed by atoms with Crippen molar-refractivity contribution in [3.8, 4) is 0 Å². The monoisotopic (exact) mass is 354 g/mol. The van der Waals surface area contributed by atoms with E-state index in [2.05, 4.69) is 27.0 Å². The first-order valence-corrected chi connectivity index (χ1v) is 9.15. The Labute approximate surface area is 152 Å². The number of carbonyl (C=O) groups excluding carboxylic acids is 2.